The number of hydrogen-bond acceptors (Lipinski definition) is 6. The number of halogens is 1. The maximum absolute atomic E-state index is 13.0. The second-order valence-electron chi connectivity index (χ2n) is 6.61. The molecular formula is C22H17ClN2O4S. The highest BCUT2D eigenvalue weighted by Crippen LogP contribution is 2.43. The Morgan fingerprint density at radius 1 is 1.23 bits per heavy atom. The van der Waals surface area contributed by atoms with Crippen LogP contribution in [0.25, 0.3) is 5.76 Å². The molecule has 1 atom stereocenters. The Hall–Kier alpha value is -3.16. The molecule has 3 aromatic rings. The highest BCUT2D eigenvalue weighted by Gasteiger charge is 2.46. The number of aliphatic hydroxyl groups is 1. The minimum absolute atomic E-state index is 0.000974. The molecule has 0 radical (unpaired) electrons. The third-order valence-corrected chi connectivity index (χ3v) is 5.99. The molecule has 8 heteroatoms. The Morgan fingerprint density at radius 2 is 2.07 bits per heavy atom. The molecule has 1 aliphatic heterocycles. The first-order valence-corrected chi connectivity index (χ1v) is 10.3. The smallest absolute Gasteiger partial charge is 0.296 e. The zero-order valence-corrected chi connectivity index (χ0v) is 17.5. The van der Waals surface area contributed by atoms with Crippen LogP contribution in [0.3, 0.4) is 0 Å². The van der Waals surface area contributed by atoms with Gasteiger partial charge in [0, 0.05) is 16.1 Å². The van der Waals surface area contributed by atoms with Crippen molar-refractivity contribution in [3.05, 3.63) is 86.8 Å². The summed E-state index contributed by atoms with van der Waals surface area (Å²) in [5.41, 5.74) is 0.891. The number of likely N-dealkylation sites (tertiary alicyclic amines) is 1. The van der Waals surface area contributed by atoms with Crippen molar-refractivity contribution in [1.29, 1.82) is 0 Å². The van der Waals surface area contributed by atoms with Gasteiger partial charge >= 0.3 is 0 Å². The first kappa shape index (κ1) is 20.1. The number of hydrogen-bond donors (Lipinski definition) is 1. The van der Waals surface area contributed by atoms with E-state index in [1.807, 2.05) is 23.6 Å². The van der Waals surface area contributed by atoms with Crippen LogP contribution in [-0.2, 0) is 16.1 Å². The minimum atomic E-state index is -0.760. The number of pyridine rings is 1. The molecule has 4 rings (SSSR count). The fourth-order valence-electron chi connectivity index (χ4n) is 3.46. The lowest BCUT2D eigenvalue weighted by Crippen LogP contribution is -2.29. The first-order valence-electron chi connectivity index (χ1n) is 9.07. The zero-order valence-electron chi connectivity index (χ0n) is 15.9. The summed E-state index contributed by atoms with van der Waals surface area (Å²) in [6.07, 6.45) is 1.63. The first-order chi connectivity index (χ1) is 14.5. The predicted molar refractivity (Wildman–Crippen MR) is 114 cm³/mol. The Bertz CT molecular complexity index is 1130. The van der Waals surface area contributed by atoms with E-state index in [1.54, 1.807) is 30.5 Å². The molecule has 0 bridgehead atoms. The van der Waals surface area contributed by atoms with Gasteiger partial charge in [0.05, 0.1) is 30.5 Å². The van der Waals surface area contributed by atoms with Crippen LogP contribution in [-0.4, -0.2) is 33.8 Å². The van der Waals surface area contributed by atoms with Crippen LogP contribution in [0.1, 0.15) is 22.2 Å². The average Bonchev–Trinajstić information content (AvgIpc) is 3.37. The van der Waals surface area contributed by atoms with Gasteiger partial charge in [-0.2, -0.15) is 0 Å². The molecule has 1 N–H and O–H groups in total. The van der Waals surface area contributed by atoms with Gasteiger partial charge < -0.3 is 14.7 Å². The van der Waals surface area contributed by atoms with Crippen LogP contribution in [0, 0.1) is 0 Å². The molecule has 152 valence electrons. The third kappa shape index (κ3) is 3.58. The van der Waals surface area contributed by atoms with Crippen LogP contribution >= 0.6 is 22.9 Å². The summed E-state index contributed by atoms with van der Waals surface area (Å²) in [7, 11) is 1.45. The number of thiophene rings is 1. The molecule has 0 saturated carbocycles. The van der Waals surface area contributed by atoms with Crippen LogP contribution in [0.2, 0.25) is 5.02 Å². The number of carbonyl (C=O) groups is 2. The van der Waals surface area contributed by atoms with Crippen molar-refractivity contribution >= 4 is 40.4 Å². The number of amides is 1. The van der Waals surface area contributed by atoms with Crippen LogP contribution in [0.5, 0.6) is 5.75 Å². The van der Waals surface area contributed by atoms with Crippen molar-refractivity contribution in [3.63, 3.8) is 0 Å². The monoisotopic (exact) mass is 440 g/mol. The normalized spacial score (nSPS) is 18.1. The predicted octanol–water partition coefficient (Wildman–Crippen LogP) is 4.43. The molecule has 1 unspecified atom stereocenters. The molecule has 1 aliphatic rings. The molecule has 0 aliphatic carbocycles. The maximum atomic E-state index is 13.0. The average molecular weight is 441 g/mol. The van der Waals surface area contributed by atoms with E-state index in [2.05, 4.69) is 4.98 Å². The number of aliphatic hydroxyl groups excluding tert-OH is 1. The van der Waals surface area contributed by atoms with Crippen molar-refractivity contribution in [2.24, 2.45) is 0 Å². The molecule has 1 saturated heterocycles. The zero-order chi connectivity index (χ0) is 21.3. The lowest BCUT2D eigenvalue weighted by molar-refractivity contribution is -0.140. The van der Waals surface area contributed by atoms with E-state index in [0.717, 1.165) is 4.88 Å². The van der Waals surface area contributed by atoms with Gasteiger partial charge in [0.1, 0.15) is 17.6 Å². The molecule has 1 amide bonds. The topological polar surface area (TPSA) is 79.7 Å². The SMILES string of the molecule is COc1ccc(Cl)cc1/C(O)=C1/C(=O)C(=O)N(Cc2ccccn2)C1c1cccs1. The van der Waals surface area contributed by atoms with E-state index < -0.39 is 17.7 Å². The summed E-state index contributed by atoms with van der Waals surface area (Å²) in [6, 6.07) is 13.0. The van der Waals surface area contributed by atoms with Crippen LogP contribution in [0.15, 0.2) is 65.7 Å². The van der Waals surface area contributed by atoms with E-state index in [0.29, 0.717) is 16.5 Å². The molecule has 6 nitrogen and oxygen atoms in total. The van der Waals surface area contributed by atoms with Gasteiger partial charge in [-0.1, -0.05) is 23.7 Å². The molecule has 0 spiro atoms. The maximum Gasteiger partial charge on any atom is 0.296 e. The lowest BCUT2D eigenvalue weighted by Gasteiger charge is -2.23. The number of Topliss-reactive ketones (excluding diaryl/α,β-unsaturated/α-hetero) is 1. The number of aromatic nitrogens is 1. The summed E-state index contributed by atoms with van der Waals surface area (Å²) in [5, 5.41) is 13.4. The minimum Gasteiger partial charge on any atom is -0.507 e. The molecule has 2 aromatic heterocycles. The highest BCUT2D eigenvalue weighted by molar-refractivity contribution is 7.10. The van der Waals surface area contributed by atoms with Gasteiger partial charge in [0.2, 0.25) is 0 Å². The number of methoxy groups -OCH3 is 1. The number of benzene rings is 1. The quantitative estimate of drug-likeness (QED) is 0.360. The molecule has 1 fully saturated rings. The van der Waals surface area contributed by atoms with Crippen molar-refractivity contribution < 1.29 is 19.4 Å². The van der Waals surface area contributed by atoms with Gasteiger partial charge in [0.15, 0.2) is 0 Å². The number of rotatable bonds is 5. The molecule has 3 heterocycles. The highest BCUT2D eigenvalue weighted by atomic mass is 35.5. The largest absolute Gasteiger partial charge is 0.507 e. The lowest BCUT2D eigenvalue weighted by atomic mass is 9.99. The Kier molecular flexibility index (Phi) is 5.57. The molecular weight excluding hydrogens is 424 g/mol. The standard InChI is InChI=1S/C22H17ClN2O4S/c1-29-16-8-7-13(23)11-15(16)20(26)18-19(17-6-4-10-30-17)25(22(28)21(18)27)12-14-5-2-3-9-24-14/h2-11,19,26H,12H2,1H3/b20-18-. The number of ketones is 1. The fourth-order valence-corrected chi connectivity index (χ4v) is 4.48. The molecule has 30 heavy (non-hydrogen) atoms. The van der Waals surface area contributed by atoms with Crippen LogP contribution in [0.4, 0.5) is 0 Å². The Labute approximate surface area is 182 Å². The van der Waals surface area contributed by atoms with Crippen LogP contribution < -0.4 is 4.74 Å². The van der Waals surface area contributed by atoms with Gasteiger partial charge in [-0.3, -0.25) is 14.6 Å². The van der Waals surface area contributed by atoms with Gasteiger partial charge in [-0.15, -0.1) is 11.3 Å². The number of carbonyl (C=O) groups excluding carboxylic acids is 2. The number of ether oxygens (including phenoxy) is 1. The van der Waals surface area contributed by atoms with E-state index >= 15 is 0 Å². The van der Waals surface area contributed by atoms with Crippen molar-refractivity contribution in [1.82, 2.24) is 9.88 Å². The van der Waals surface area contributed by atoms with Crippen molar-refractivity contribution in [3.8, 4) is 5.75 Å². The summed E-state index contributed by atoms with van der Waals surface area (Å²) in [5.74, 6) is -1.43. The summed E-state index contributed by atoms with van der Waals surface area (Å²) < 4.78 is 5.32. The van der Waals surface area contributed by atoms with Crippen molar-refractivity contribution in [2.45, 2.75) is 12.6 Å². The second-order valence-corrected chi connectivity index (χ2v) is 8.02. The van der Waals surface area contributed by atoms with Gasteiger partial charge in [-0.25, -0.2) is 0 Å². The third-order valence-electron chi connectivity index (χ3n) is 4.83. The Balaban J connectivity index is 1.88. The fraction of sp³-hybridized carbons (Fsp3) is 0.136. The second kappa shape index (κ2) is 8.30. The Morgan fingerprint density at radius 3 is 2.73 bits per heavy atom. The van der Waals surface area contributed by atoms with E-state index in [9.17, 15) is 14.7 Å². The van der Waals surface area contributed by atoms with Gasteiger partial charge in [-0.05, 0) is 41.8 Å². The summed E-state index contributed by atoms with van der Waals surface area (Å²) >= 11 is 7.50. The number of nitrogens with zero attached hydrogens (tertiary/aromatic N) is 2. The van der Waals surface area contributed by atoms with E-state index in [1.165, 1.54) is 29.4 Å². The summed E-state index contributed by atoms with van der Waals surface area (Å²) in [4.78, 5) is 32.4. The van der Waals surface area contributed by atoms with Gasteiger partial charge in [0.25, 0.3) is 11.7 Å². The van der Waals surface area contributed by atoms with E-state index in [4.69, 9.17) is 16.3 Å². The van der Waals surface area contributed by atoms with E-state index in [-0.39, 0.29) is 23.4 Å². The summed E-state index contributed by atoms with van der Waals surface area (Å²) in [6.45, 7) is 0.136. The molecule has 1 aromatic carbocycles. The van der Waals surface area contributed by atoms with Crippen molar-refractivity contribution in [2.75, 3.05) is 7.11 Å².